The molecule has 1 heterocycles. The molecule has 1 nitrogen and oxygen atoms in total. The van der Waals surface area contributed by atoms with E-state index in [1.807, 2.05) is 54.6 Å². The molecule has 140 valence electrons. The van der Waals surface area contributed by atoms with Crippen LogP contribution in [0, 0.1) is 0 Å². The second-order valence-electron chi connectivity index (χ2n) is 6.18. The quantitative estimate of drug-likeness (QED) is 0.281. The molecular formula is C22H14Br2F2NP. The van der Waals surface area contributed by atoms with Gasteiger partial charge < -0.3 is 0 Å². The molecule has 0 radical (unpaired) electrons. The second kappa shape index (κ2) is 8.36. The van der Waals surface area contributed by atoms with Gasteiger partial charge in [-0.15, -0.1) is 0 Å². The van der Waals surface area contributed by atoms with Crippen molar-refractivity contribution in [3.05, 3.63) is 93.4 Å². The zero-order valence-electron chi connectivity index (χ0n) is 14.5. The molecular weight excluding hydrogens is 507 g/mol. The third kappa shape index (κ3) is 4.03. The van der Waals surface area contributed by atoms with Crippen molar-refractivity contribution in [3.8, 4) is 0 Å². The summed E-state index contributed by atoms with van der Waals surface area (Å²) in [5.41, 5.74) is 1.30. The molecule has 1 aromatic heterocycles. The van der Waals surface area contributed by atoms with Crippen LogP contribution >= 0.6 is 39.8 Å². The Balaban J connectivity index is 1.96. The van der Waals surface area contributed by atoms with E-state index in [0.29, 0.717) is 16.3 Å². The standard InChI is InChI=1S/C22H14Br2F2NP/c23-14-5-9-16(10-6-14)28(17-11-7-15(24)8-12-17)21-13-19(22(25)26)18-3-1-2-4-20(18)27-21/h1-13,22H. The Kier molecular flexibility index (Phi) is 5.86. The summed E-state index contributed by atoms with van der Waals surface area (Å²) >= 11 is 6.93. The van der Waals surface area contributed by atoms with E-state index in [2.05, 4.69) is 31.9 Å². The molecule has 3 aromatic carbocycles. The van der Waals surface area contributed by atoms with Crippen molar-refractivity contribution >= 4 is 66.7 Å². The van der Waals surface area contributed by atoms with Gasteiger partial charge in [-0.2, -0.15) is 0 Å². The molecule has 0 unspecified atom stereocenters. The van der Waals surface area contributed by atoms with Gasteiger partial charge in [0.25, 0.3) is 6.43 Å². The molecule has 0 bridgehead atoms. The van der Waals surface area contributed by atoms with Crippen molar-refractivity contribution in [2.24, 2.45) is 0 Å². The molecule has 28 heavy (non-hydrogen) atoms. The molecule has 0 fully saturated rings. The fourth-order valence-electron chi connectivity index (χ4n) is 3.08. The summed E-state index contributed by atoms with van der Waals surface area (Å²) in [6.07, 6.45) is -2.56. The smallest absolute Gasteiger partial charge is 0.247 e. The number of benzene rings is 3. The monoisotopic (exact) mass is 519 g/mol. The predicted octanol–water partition coefficient (Wildman–Crippen LogP) is 6.46. The normalized spacial score (nSPS) is 11.5. The third-order valence-corrected chi connectivity index (χ3v) is 7.74. The van der Waals surface area contributed by atoms with Gasteiger partial charge in [-0.05, 0) is 47.0 Å². The third-order valence-electron chi connectivity index (χ3n) is 4.37. The minimum Gasteiger partial charge on any atom is -0.247 e. The second-order valence-corrected chi connectivity index (χ2v) is 10.2. The molecule has 0 N–H and O–H groups in total. The molecule has 0 atom stereocenters. The van der Waals surface area contributed by atoms with Gasteiger partial charge in [-0.1, -0.05) is 74.3 Å². The van der Waals surface area contributed by atoms with E-state index >= 15 is 0 Å². The van der Waals surface area contributed by atoms with Crippen LogP contribution in [-0.2, 0) is 0 Å². The maximum atomic E-state index is 13.8. The number of hydrogen-bond donors (Lipinski definition) is 0. The van der Waals surface area contributed by atoms with Crippen molar-refractivity contribution in [1.29, 1.82) is 0 Å². The molecule has 0 aliphatic heterocycles. The maximum Gasteiger partial charge on any atom is 0.264 e. The number of aromatic nitrogens is 1. The van der Waals surface area contributed by atoms with Crippen LogP contribution in [0.3, 0.4) is 0 Å². The van der Waals surface area contributed by atoms with Crippen LogP contribution in [0.25, 0.3) is 10.9 Å². The van der Waals surface area contributed by atoms with E-state index in [1.165, 1.54) is 0 Å². The first kappa shape index (κ1) is 19.6. The number of para-hydroxylation sites is 1. The van der Waals surface area contributed by atoms with Crippen LogP contribution < -0.4 is 16.0 Å². The lowest BCUT2D eigenvalue weighted by atomic mass is 10.1. The van der Waals surface area contributed by atoms with E-state index < -0.39 is 14.3 Å². The van der Waals surface area contributed by atoms with Gasteiger partial charge in [-0.25, -0.2) is 13.8 Å². The van der Waals surface area contributed by atoms with Gasteiger partial charge in [0, 0.05) is 27.8 Å². The molecule has 6 heteroatoms. The fraction of sp³-hybridized carbons (Fsp3) is 0.0455. The average molecular weight is 521 g/mol. The molecule has 0 saturated carbocycles. The summed E-state index contributed by atoms with van der Waals surface area (Å²) in [4.78, 5) is 4.79. The van der Waals surface area contributed by atoms with Gasteiger partial charge in [0.15, 0.2) is 0 Å². The number of pyridine rings is 1. The van der Waals surface area contributed by atoms with Crippen LogP contribution in [-0.4, -0.2) is 4.98 Å². The summed E-state index contributed by atoms with van der Waals surface area (Å²) in [6, 6.07) is 24.6. The van der Waals surface area contributed by atoms with Crippen LogP contribution in [0.2, 0.25) is 0 Å². The molecule has 0 aliphatic rings. The Morgan fingerprint density at radius 1 is 0.750 bits per heavy atom. The zero-order valence-corrected chi connectivity index (χ0v) is 18.6. The van der Waals surface area contributed by atoms with Gasteiger partial charge in [0.2, 0.25) is 0 Å². The molecule has 4 rings (SSSR count). The highest BCUT2D eigenvalue weighted by molar-refractivity contribution is 9.10. The number of halogens is 4. The maximum absolute atomic E-state index is 13.8. The minimum absolute atomic E-state index is 0.0299. The fourth-order valence-corrected chi connectivity index (χ4v) is 5.80. The highest BCUT2D eigenvalue weighted by atomic mass is 79.9. The first-order chi connectivity index (χ1) is 13.5. The van der Waals surface area contributed by atoms with Crippen molar-refractivity contribution in [1.82, 2.24) is 4.98 Å². The van der Waals surface area contributed by atoms with Gasteiger partial charge >= 0.3 is 0 Å². The molecule has 0 saturated heterocycles. The van der Waals surface area contributed by atoms with Crippen molar-refractivity contribution < 1.29 is 8.78 Å². The summed E-state index contributed by atoms with van der Waals surface area (Å²) in [6.45, 7) is 0. The highest BCUT2D eigenvalue weighted by Gasteiger charge is 2.22. The Morgan fingerprint density at radius 2 is 1.29 bits per heavy atom. The number of hydrogen-bond acceptors (Lipinski definition) is 1. The van der Waals surface area contributed by atoms with Gasteiger partial charge in [-0.3, -0.25) is 0 Å². The first-order valence-corrected chi connectivity index (χ1v) is 11.4. The van der Waals surface area contributed by atoms with Crippen molar-refractivity contribution in [2.75, 3.05) is 0 Å². The molecule has 0 spiro atoms. The summed E-state index contributed by atoms with van der Waals surface area (Å²) < 4.78 is 29.6. The van der Waals surface area contributed by atoms with Gasteiger partial charge in [0.05, 0.1) is 11.0 Å². The Hall–Kier alpha value is -1.68. The summed E-state index contributed by atoms with van der Waals surface area (Å²) in [5, 5.41) is 2.62. The minimum atomic E-state index is -2.56. The van der Waals surface area contributed by atoms with Gasteiger partial charge in [0.1, 0.15) is 0 Å². The van der Waals surface area contributed by atoms with E-state index in [0.717, 1.165) is 19.6 Å². The lowest BCUT2D eigenvalue weighted by molar-refractivity contribution is 0.153. The van der Waals surface area contributed by atoms with Crippen LogP contribution in [0.15, 0.2) is 87.8 Å². The lowest BCUT2D eigenvalue weighted by Gasteiger charge is -2.20. The van der Waals surface area contributed by atoms with E-state index in [9.17, 15) is 8.78 Å². The van der Waals surface area contributed by atoms with Crippen LogP contribution in [0.4, 0.5) is 8.78 Å². The van der Waals surface area contributed by atoms with Crippen LogP contribution in [0.5, 0.6) is 0 Å². The predicted molar refractivity (Wildman–Crippen MR) is 121 cm³/mol. The largest absolute Gasteiger partial charge is 0.264 e. The highest BCUT2D eigenvalue weighted by Crippen LogP contribution is 2.36. The average Bonchev–Trinajstić information content (AvgIpc) is 2.70. The molecule has 0 amide bonds. The zero-order chi connectivity index (χ0) is 19.7. The SMILES string of the molecule is FC(F)c1cc(P(c2ccc(Br)cc2)c2ccc(Br)cc2)nc2ccccc12. The van der Waals surface area contributed by atoms with E-state index in [1.54, 1.807) is 24.3 Å². The molecule has 0 aliphatic carbocycles. The number of alkyl halides is 2. The topological polar surface area (TPSA) is 12.9 Å². The van der Waals surface area contributed by atoms with Crippen molar-refractivity contribution in [2.45, 2.75) is 6.43 Å². The number of rotatable bonds is 4. The Bertz CT molecular complexity index is 1070. The van der Waals surface area contributed by atoms with E-state index in [-0.39, 0.29) is 5.56 Å². The molecule has 4 aromatic rings. The van der Waals surface area contributed by atoms with Crippen LogP contribution in [0.1, 0.15) is 12.0 Å². The Morgan fingerprint density at radius 3 is 1.82 bits per heavy atom. The van der Waals surface area contributed by atoms with Crippen molar-refractivity contribution in [3.63, 3.8) is 0 Å². The van der Waals surface area contributed by atoms with E-state index in [4.69, 9.17) is 4.98 Å². The number of fused-ring (bicyclic) bond motifs is 1. The lowest BCUT2D eigenvalue weighted by Crippen LogP contribution is -2.23. The Labute approximate surface area is 179 Å². The first-order valence-electron chi connectivity index (χ1n) is 8.52. The summed E-state index contributed by atoms with van der Waals surface area (Å²) in [7, 11) is -1.07. The summed E-state index contributed by atoms with van der Waals surface area (Å²) in [5.74, 6) is 0. The number of nitrogens with zero attached hydrogens (tertiary/aromatic N) is 1.